The molecule has 1 aromatic heterocycles. The van der Waals surface area contributed by atoms with E-state index in [0.717, 1.165) is 28.4 Å². The second kappa shape index (κ2) is 8.24. The van der Waals surface area contributed by atoms with Gasteiger partial charge in [-0.15, -0.1) is 10.2 Å². The van der Waals surface area contributed by atoms with Gasteiger partial charge in [-0.3, -0.25) is 0 Å². The zero-order valence-corrected chi connectivity index (χ0v) is 13.3. The van der Waals surface area contributed by atoms with Gasteiger partial charge in [0.05, 0.1) is 12.7 Å². The van der Waals surface area contributed by atoms with Crippen molar-refractivity contribution in [2.75, 3.05) is 17.7 Å². The van der Waals surface area contributed by atoms with Crippen molar-refractivity contribution in [3.63, 3.8) is 0 Å². The number of hydrogen-bond acceptors (Lipinski definition) is 6. The van der Waals surface area contributed by atoms with Crippen LogP contribution in [0.1, 0.15) is 19.4 Å². The Morgan fingerprint density at radius 1 is 1.25 bits per heavy atom. The molecule has 0 amide bonds. The molecule has 1 aromatic carbocycles. The number of nitrogens with one attached hydrogen (secondary N) is 1. The van der Waals surface area contributed by atoms with Crippen LogP contribution in [0.3, 0.4) is 0 Å². The van der Waals surface area contributed by atoms with Gasteiger partial charge >= 0.3 is 0 Å². The van der Waals surface area contributed by atoms with Gasteiger partial charge in [-0.25, -0.2) is 0 Å². The van der Waals surface area contributed by atoms with Crippen molar-refractivity contribution in [1.82, 2.24) is 10.2 Å². The second-order valence-electron chi connectivity index (χ2n) is 4.48. The minimum Gasteiger partial charge on any atom is -0.378 e. The number of aromatic nitrogens is 2. The lowest BCUT2D eigenvalue weighted by molar-refractivity contribution is 0.0920. The molecule has 20 heavy (non-hydrogen) atoms. The van der Waals surface area contributed by atoms with Crippen molar-refractivity contribution in [2.45, 2.75) is 30.8 Å². The molecule has 0 aliphatic rings. The summed E-state index contributed by atoms with van der Waals surface area (Å²) in [6.07, 6.45) is 0.285. The van der Waals surface area contributed by atoms with Gasteiger partial charge in [-0.2, -0.15) is 0 Å². The Morgan fingerprint density at radius 2 is 2.05 bits per heavy atom. The highest BCUT2D eigenvalue weighted by Crippen LogP contribution is 2.25. The van der Waals surface area contributed by atoms with Gasteiger partial charge in [0.1, 0.15) is 0 Å². The average Bonchev–Trinajstić information content (AvgIpc) is 2.90. The highest BCUT2D eigenvalue weighted by molar-refractivity contribution is 8.01. The fraction of sp³-hybridized carbons (Fsp3) is 0.429. The summed E-state index contributed by atoms with van der Waals surface area (Å²) < 4.78 is 6.48. The van der Waals surface area contributed by atoms with E-state index in [1.807, 2.05) is 32.0 Å². The lowest BCUT2D eigenvalue weighted by Crippen LogP contribution is -2.05. The predicted octanol–water partition coefficient (Wildman–Crippen LogP) is 3.67. The van der Waals surface area contributed by atoms with Crippen LogP contribution in [-0.4, -0.2) is 28.7 Å². The molecule has 0 radical (unpaired) electrons. The summed E-state index contributed by atoms with van der Waals surface area (Å²) in [7, 11) is 0. The van der Waals surface area contributed by atoms with Crippen LogP contribution in [0.5, 0.6) is 0 Å². The normalized spacial score (nSPS) is 10.9. The topological polar surface area (TPSA) is 47.0 Å². The van der Waals surface area contributed by atoms with E-state index in [-0.39, 0.29) is 6.10 Å². The molecule has 4 nitrogen and oxygen atoms in total. The Bertz CT molecular complexity index is 502. The number of nitrogens with zero attached hydrogens (tertiary/aromatic N) is 2. The number of anilines is 1. The number of ether oxygens (including phenoxy) is 1. The van der Waals surface area contributed by atoms with Crippen LogP contribution in [0.15, 0.2) is 34.7 Å². The van der Waals surface area contributed by atoms with Crippen molar-refractivity contribution in [3.05, 3.63) is 35.9 Å². The SMILES string of the molecule is CC(C)OCCSc1nnc(NCc2ccccc2)s1. The quantitative estimate of drug-likeness (QED) is 0.595. The molecule has 0 saturated heterocycles. The van der Waals surface area contributed by atoms with E-state index in [1.54, 1.807) is 23.1 Å². The molecular weight excluding hydrogens is 290 g/mol. The fourth-order valence-electron chi connectivity index (χ4n) is 1.53. The van der Waals surface area contributed by atoms with E-state index in [4.69, 9.17) is 4.74 Å². The van der Waals surface area contributed by atoms with E-state index in [9.17, 15) is 0 Å². The number of rotatable bonds is 8. The highest BCUT2D eigenvalue weighted by atomic mass is 32.2. The predicted molar refractivity (Wildman–Crippen MR) is 85.5 cm³/mol. The van der Waals surface area contributed by atoms with E-state index in [2.05, 4.69) is 27.6 Å². The molecule has 0 aliphatic carbocycles. The van der Waals surface area contributed by atoms with Crippen LogP contribution in [0.4, 0.5) is 5.13 Å². The third-order valence-electron chi connectivity index (χ3n) is 2.45. The van der Waals surface area contributed by atoms with E-state index in [1.165, 1.54) is 5.56 Å². The lowest BCUT2D eigenvalue weighted by atomic mass is 10.2. The average molecular weight is 309 g/mol. The van der Waals surface area contributed by atoms with Gasteiger partial charge in [-0.1, -0.05) is 53.4 Å². The molecule has 0 saturated carbocycles. The first-order valence-electron chi connectivity index (χ1n) is 6.60. The summed E-state index contributed by atoms with van der Waals surface area (Å²) in [5.41, 5.74) is 1.24. The van der Waals surface area contributed by atoms with Crippen LogP contribution in [0.2, 0.25) is 0 Å². The maximum absolute atomic E-state index is 5.50. The molecule has 1 heterocycles. The van der Waals surface area contributed by atoms with Gasteiger partial charge in [0.25, 0.3) is 0 Å². The zero-order valence-electron chi connectivity index (χ0n) is 11.7. The third kappa shape index (κ3) is 5.48. The van der Waals surface area contributed by atoms with E-state index in [0.29, 0.717) is 0 Å². The van der Waals surface area contributed by atoms with Crippen LogP contribution < -0.4 is 5.32 Å². The Labute approximate surface area is 128 Å². The maximum atomic E-state index is 5.50. The number of thioether (sulfide) groups is 1. The largest absolute Gasteiger partial charge is 0.378 e. The van der Waals surface area contributed by atoms with Crippen molar-refractivity contribution in [3.8, 4) is 0 Å². The smallest absolute Gasteiger partial charge is 0.206 e. The summed E-state index contributed by atoms with van der Waals surface area (Å²) in [6, 6.07) is 10.3. The highest BCUT2D eigenvalue weighted by Gasteiger charge is 2.04. The minimum atomic E-state index is 0.285. The van der Waals surface area contributed by atoms with Gasteiger partial charge in [-0.05, 0) is 19.4 Å². The molecule has 0 unspecified atom stereocenters. The minimum absolute atomic E-state index is 0.285. The molecule has 2 aromatic rings. The molecule has 108 valence electrons. The van der Waals surface area contributed by atoms with Crippen molar-refractivity contribution < 1.29 is 4.74 Å². The summed E-state index contributed by atoms with van der Waals surface area (Å²) >= 11 is 3.27. The molecule has 2 rings (SSSR count). The monoisotopic (exact) mass is 309 g/mol. The lowest BCUT2D eigenvalue weighted by Gasteiger charge is -2.05. The summed E-state index contributed by atoms with van der Waals surface area (Å²) in [5, 5.41) is 12.5. The molecule has 0 spiro atoms. The van der Waals surface area contributed by atoms with Crippen molar-refractivity contribution in [2.24, 2.45) is 0 Å². The molecule has 0 fully saturated rings. The van der Waals surface area contributed by atoms with Gasteiger partial charge in [0.15, 0.2) is 4.34 Å². The molecule has 6 heteroatoms. The fourth-order valence-corrected chi connectivity index (χ4v) is 3.17. The van der Waals surface area contributed by atoms with Gasteiger partial charge in [0, 0.05) is 12.3 Å². The first-order valence-corrected chi connectivity index (χ1v) is 8.40. The van der Waals surface area contributed by atoms with E-state index < -0.39 is 0 Å². The van der Waals surface area contributed by atoms with Gasteiger partial charge in [0.2, 0.25) is 5.13 Å². The molecule has 0 atom stereocenters. The second-order valence-corrected chi connectivity index (χ2v) is 6.80. The number of benzene rings is 1. The summed E-state index contributed by atoms with van der Waals surface area (Å²) in [6.45, 7) is 5.60. The third-order valence-corrected chi connectivity index (χ3v) is 4.43. The molecule has 1 N–H and O–H groups in total. The Hall–Kier alpha value is -1.11. The van der Waals surface area contributed by atoms with Crippen LogP contribution >= 0.6 is 23.1 Å². The van der Waals surface area contributed by atoms with Crippen LogP contribution in [0.25, 0.3) is 0 Å². The van der Waals surface area contributed by atoms with E-state index >= 15 is 0 Å². The van der Waals surface area contributed by atoms with Gasteiger partial charge < -0.3 is 10.1 Å². The number of hydrogen-bond donors (Lipinski definition) is 1. The van der Waals surface area contributed by atoms with Crippen molar-refractivity contribution in [1.29, 1.82) is 0 Å². The van der Waals surface area contributed by atoms with Crippen LogP contribution in [0, 0.1) is 0 Å². The zero-order chi connectivity index (χ0) is 14.2. The first kappa shape index (κ1) is 15.3. The molecule has 0 bridgehead atoms. The first-order chi connectivity index (χ1) is 9.74. The maximum Gasteiger partial charge on any atom is 0.206 e. The summed E-state index contributed by atoms with van der Waals surface area (Å²) in [5.74, 6) is 0.908. The van der Waals surface area contributed by atoms with Crippen LogP contribution in [-0.2, 0) is 11.3 Å². The Kier molecular flexibility index (Phi) is 6.29. The molecule has 0 aliphatic heterocycles. The molecular formula is C14H19N3OS2. The standard InChI is InChI=1S/C14H19N3OS2/c1-11(2)18-8-9-19-14-17-16-13(20-14)15-10-12-6-4-3-5-7-12/h3-7,11H,8-10H2,1-2H3,(H,15,16). The Morgan fingerprint density at radius 3 is 2.80 bits per heavy atom. The summed E-state index contributed by atoms with van der Waals surface area (Å²) in [4.78, 5) is 0. The Balaban J connectivity index is 1.72. The van der Waals surface area contributed by atoms with Crippen molar-refractivity contribution >= 4 is 28.2 Å².